The molecule has 16 rings (SSSR count). The highest BCUT2D eigenvalue weighted by molar-refractivity contribution is 5.99. The van der Waals surface area contributed by atoms with Gasteiger partial charge in [0.2, 0.25) is 0 Å². The molecule has 1 heteroatoms. The minimum Gasteiger partial charge on any atom is -0.310 e. The third kappa shape index (κ3) is 5.94. The van der Waals surface area contributed by atoms with E-state index in [0.29, 0.717) is 11.8 Å². The lowest BCUT2D eigenvalue weighted by Gasteiger charge is -2.61. The molecule has 344 valence electrons. The average Bonchev–Trinajstić information content (AvgIpc) is 3.91. The molecule has 10 aromatic carbocycles. The lowest BCUT2D eigenvalue weighted by atomic mass is 9.43. The van der Waals surface area contributed by atoms with Crippen LogP contribution in [-0.2, 0) is 10.8 Å². The van der Waals surface area contributed by atoms with Crippen LogP contribution in [0.2, 0.25) is 0 Å². The number of para-hydroxylation sites is 1. The molecule has 72 heavy (non-hydrogen) atoms. The summed E-state index contributed by atoms with van der Waals surface area (Å²) in [5.74, 6) is 3.15. The Balaban J connectivity index is 0.948. The molecule has 4 saturated carbocycles. The van der Waals surface area contributed by atoms with Gasteiger partial charge < -0.3 is 4.90 Å². The highest BCUT2D eigenvalue weighted by Crippen LogP contribution is 2.70. The molecule has 10 aromatic rings. The quantitative estimate of drug-likeness (QED) is 0.147. The van der Waals surface area contributed by atoms with Gasteiger partial charge in [-0.25, -0.2) is 0 Å². The van der Waals surface area contributed by atoms with Gasteiger partial charge in [-0.1, -0.05) is 212 Å². The van der Waals surface area contributed by atoms with Crippen LogP contribution in [0.25, 0.3) is 55.6 Å². The van der Waals surface area contributed by atoms with Crippen molar-refractivity contribution in [3.05, 3.63) is 282 Å². The minimum atomic E-state index is -0.529. The van der Waals surface area contributed by atoms with Crippen molar-refractivity contribution in [1.29, 1.82) is 0 Å². The number of hydrogen-bond donors (Lipinski definition) is 0. The fourth-order valence-corrected chi connectivity index (χ4v) is 15.8. The number of anilines is 3. The summed E-state index contributed by atoms with van der Waals surface area (Å²) in [7, 11) is 0. The van der Waals surface area contributed by atoms with Crippen molar-refractivity contribution in [3.63, 3.8) is 0 Å². The zero-order chi connectivity index (χ0) is 47.4. The van der Waals surface area contributed by atoms with E-state index in [9.17, 15) is 0 Å². The van der Waals surface area contributed by atoms with Gasteiger partial charge in [-0.3, -0.25) is 0 Å². The van der Waals surface area contributed by atoms with E-state index in [0.717, 1.165) is 23.2 Å². The van der Waals surface area contributed by atoms with Gasteiger partial charge in [0, 0.05) is 22.4 Å². The molecule has 6 aliphatic carbocycles. The van der Waals surface area contributed by atoms with Crippen LogP contribution in [0.15, 0.2) is 249 Å². The molecule has 0 aliphatic heterocycles. The maximum Gasteiger partial charge on any atom is 0.0719 e. The topological polar surface area (TPSA) is 3.24 Å². The predicted octanol–water partition coefficient (Wildman–Crippen LogP) is 18.2. The SMILES string of the molecule is c1ccc(-c2cccc(N(c3ccccc3)c3cccc(-c4ccccc4C4(c5ccccc5)c5ccccc5-c5ccccc54)c3)c2-c2ccc3c(c2)C2(c4ccccc4-3)C3CC4CC(C3)CC2C4)cc1. The van der Waals surface area contributed by atoms with E-state index in [-0.39, 0.29) is 5.41 Å². The molecule has 0 radical (unpaired) electrons. The van der Waals surface area contributed by atoms with Crippen molar-refractivity contribution < 1.29 is 0 Å². The van der Waals surface area contributed by atoms with E-state index in [4.69, 9.17) is 0 Å². The van der Waals surface area contributed by atoms with Gasteiger partial charge in [-0.2, -0.15) is 0 Å². The zero-order valence-electron chi connectivity index (χ0n) is 40.5. The smallest absolute Gasteiger partial charge is 0.0719 e. The number of fused-ring (bicyclic) bond motifs is 6. The summed E-state index contributed by atoms with van der Waals surface area (Å²) in [6.45, 7) is 0. The Kier molecular flexibility index (Phi) is 9.44. The summed E-state index contributed by atoms with van der Waals surface area (Å²) in [6, 6.07) is 94.2. The fourth-order valence-electron chi connectivity index (χ4n) is 15.8. The van der Waals surface area contributed by atoms with Crippen molar-refractivity contribution in [2.75, 3.05) is 4.90 Å². The van der Waals surface area contributed by atoms with Gasteiger partial charge >= 0.3 is 0 Å². The van der Waals surface area contributed by atoms with Gasteiger partial charge in [0.05, 0.1) is 11.1 Å². The van der Waals surface area contributed by atoms with Crippen LogP contribution in [0.4, 0.5) is 17.1 Å². The molecular weight excluding hydrogens is 867 g/mol. The molecule has 0 amide bonds. The Morgan fingerprint density at radius 2 is 0.778 bits per heavy atom. The molecule has 0 atom stereocenters. The zero-order valence-corrected chi connectivity index (χ0v) is 40.5. The van der Waals surface area contributed by atoms with E-state index in [1.807, 2.05) is 0 Å². The number of rotatable bonds is 8. The molecule has 0 N–H and O–H groups in total. The van der Waals surface area contributed by atoms with Gasteiger partial charge in [0.1, 0.15) is 0 Å². The van der Waals surface area contributed by atoms with E-state index in [2.05, 4.69) is 254 Å². The molecule has 0 unspecified atom stereocenters. The third-order valence-electron chi connectivity index (χ3n) is 18.1. The monoisotopic (exact) mass is 921 g/mol. The van der Waals surface area contributed by atoms with E-state index in [1.165, 1.54) is 116 Å². The summed E-state index contributed by atoms with van der Waals surface area (Å²) in [6.07, 6.45) is 6.91. The molecule has 0 aromatic heterocycles. The summed E-state index contributed by atoms with van der Waals surface area (Å²) in [4.78, 5) is 2.53. The molecule has 0 saturated heterocycles. The van der Waals surface area contributed by atoms with Gasteiger partial charge in [0.25, 0.3) is 0 Å². The first-order chi connectivity index (χ1) is 35.7. The predicted molar refractivity (Wildman–Crippen MR) is 298 cm³/mol. The first-order valence-corrected chi connectivity index (χ1v) is 26.4. The Labute approximate surface area is 424 Å². The Morgan fingerprint density at radius 1 is 0.306 bits per heavy atom. The average molecular weight is 922 g/mol. The van der Waals surface area contributed by atoms with Crippen LogP contribution >= 0.6 is 0 Å². The number of benzene rings is 10. The first kappa shape index (κ1) is 41.8. The molecular formula is C71H55N. The Hall–Kier alpha value is -8.00. The lowest BCUT2D eigenvalue weighted by Crippen LogP contribution is -2.55. The summed E-state index contributed by atoms with van der Waals surface area (Å²) >= 11 is 0. The third-order valence-corrected chi connectivity index (χ3v) is 18.1. The maximum absolute atomic E-state index is 2.68. The van der Waals surface area contributed by atoms with Crippen LogP contribution in [0.3, 0.4) is 0 Å². The van der Waals surface area contributed by atoms with Gasteiger partial charge in [-0.15, -0.1) is 0 Å². The van der Waals surface area contributed by atoms with Crippen LogP contribution in [-0.4, -0.2) is 0 Å². The second kappa shape index (κ2) is 16.3. The molecule has 4 bridgehead atoms. The molecule has 6 aliphatic rings. The summed E-state index contributed by atoms with van der Waals surface area (Å²) in [5.41, 5.74) is 24.3. The summed E-state index contributed by atoms with van der Waals surface area (Å²) < 4.78 is 0. The highest BCUT2D eigenvalue weighted by Gasteiger charge is 2.61. The minimum absolute atomic E-state index is 0.0650. The lowest BCUT2D eigenvalue weighted by molar-refractivity contribution is -0.0399. The maximum atomic E-state index is 2.68. The largest absolute Gasteiger partial charge is 0.310 e. The van der Waals surface area contributed by atoms with Crippen LogP contribution in [0.1, 0.15) is 65.5 Å². The van der Waals surface area contributed by atoms with Crippen molar-refractivity contribution in [2.45, 2.75) is 42.9 Å². The van der Waals surface area contributed by atoms with Crippen molar-refractivity contribution in [3.8, 4) is 55.6 Å². The number of hydrogen-bond acceptors (Lipinski definition) is 1. The molecule has 4 fully saturated rings. The van der Waals surface area contributed by atoms with Crippen LogP contribution < -0.4 is 4.90 Å². The van der Waals surface area contributed by atoms with Crippen LogP contribution in [0.5, 0.6) is 0 Å². The molecule has 1 spiro atoms. The standard InChI is InChI=1S/C71H55N/c1-4-20-49(21-5-1)58-32-19-37-68(69(58)51-38-39-62-61-31-11-15-34-64(61)70(67(62)46-51)53-41-47-40-48(43-53)44-54(70)42-47)72(55-25-8-3-9-26-55)56-27-18-22-50(45-56)57-28-10-14-33-63(57)71(52-23-6-2-7-24-52)65-35-16-12-29-59(65)60-30-13-17-36-66(60)71/h1-39,45-48,53-54H,40-44H2. The van der Waals surface area contributed by atoms with Crippen molar-refractivity contribution >= 4 is 17.1 Å². The van der Waals surface area contributed by atoms with E-state index < -0.39 is 5.41 Å². The highest BCUT2D eigenvalue weighted by atomic mass is 15.1. The first-order valence-electron chi connectivity index (χ1n) is 26.4. The molecule has 0 heterocycles. The Morgan fingerprint density at radius 3 is 1.43 bits per heavy atom. The second-order valence-electron chi connectivity index (χ2n) is 21.5. The summed E-state index contributed by atoms with van der Waals surface area (Å²) in [5, 5.41) is 0. The fraction of sp³-hybridized carbons (Fsp3) is 0.155. The Bertz CT molecular complexity index is 3640. The van der Waals surface area contributed by atoms with E-state index >= 15 is 0 Å². The van der Waals surface area contributed by atoms with E-state index in [1.54, 1.807) is 11.1 Å². The van der Waals surface area contributed by atoms with Crippen molar-refractivity contribution in [2.24, 2.45) is 23.7 Å². The van der Waals surface area contributed by atoms with Gasteiger partial charge in [0.15, 0.2) is 0 Å². The van der Waals surface area contributed by atoms with Crippen molar-refractivity contribution in [1.82, 2.24) is 0 Å². The van der Waals surface area contributed by atoms with Crippen LogP contribution in [0, 0.1) is 23.7 Å². The van der Waals surface area contributed by atoms with Gasteiger partial charge in [-0.05, 0) is 176 Å². The normalized spacial score (nSPS) is 21.2. The second-order valence-corrected chi connectivity index (χ2v) is 21.5. The molecule has 1 nitrogen and oxygen atoms in total. The number of nitrogens with zero attached hydrogens (tertiary/aromatic N) is 1.